The van der Waals surface area contributed by atoms with Crippen molar-refractivity contribution in [3.8, 4) is 28.6 Å². The van der Waals surface area contributed by atoms with E-state index >= 15 is 0 Å². The molecule has 5 N–H and O–H groups in total. The number of fused-ring (bicyclic) bond motifs is 2. The highest BCUT2D eigenvalue weighted by atomic mass is 16.3. The van der Waals surface area contributed by atoms with Crippen LogP contribution in [0.5, 0.6) is 11.5 Å². The molecule has 0 bridgehead atoms. The third kappa shape index (κ3) is 7.72. The van der Waals surface area contributed by atoms with Crippen LogP contribution in [0.2, 0.25) is 0 Å². The molecule has 6 aromatic rings. The van der Waals surface area contributed by atoms with Gasteiger partial charge in [0.25, 0.3) is 0 Å². The van der Waals surface area contributed by atoms with E-state index in [9.17, 15) is 24.6 Å². The molecular formula is C42H42N10O5. The third-order valence-corrected chi connectivity index (χ3v) is 10.4. The van der Waals surface area contributed by atoms with Crippen molar-refractivity contribution in [1.29, 1.82) is 0 Å². The molecule has 0 atom stereocenters. The fraction of sp³-hybridized carbons (Fsp3) is 0.238. The van der Waals surface area contributed by atoms with Gasteiger partial charge >= 0.3 is 5.69 Å². The van der Waals surface area contributed by atoms with Crippen LogP contribution < -0.4 is 26.1 Å². The first-order valence-corrected chi connectivity index (χ1v) is 18.8. The molecule has 57 heavy (non-hydrogen) atoms. The largest absolute Gasteiger partial charge is 0.508 e. The zero-order valence-electron chi connectivity index (χ0n) is 31.2. The second-order valence-corrected chi connectivity index (χ2v) is 14.0. The fourth-order valence-corrected chi connectivity index (χ4v) is 7.47. The number of anilines is 3. The summed E-state index contributed by atoms with van der Waals surface area (Å²) in [6.45, 7) is 8.08. The predicted octanol–water partition coefficient (Wildman–Crippen LogP) is 4.10. The van der Waals surface area contributed by atoms with Crippen LogP contribution in [0.15, 0.2) is 102 Å². The Morgan fingerprint density at radius 1 is 0.895 bits per heavy atom. The molecule has 0 radical (unpaired) electrons. The number of piperazine rings is 1. The summed E-state index contributed by atoms with van der Waals surface area (Å²) in [4.78, 5) is 54.3. The standard InChI is InChI=1S/C42H42N10O5/c1-2-38(56)49-20-22-50(23-21-49)39-32-17-19-51(35-9-5-7-28-6-3-4-8-31(28)35)26-34(32)45-41(46-39)43-18-16-37(55)44-25-27-10-12-29(13-11-27)52-40(47-48-42(52)57)33-15-14-30(53)24-36(33)54/h2-15,24,53-54H,1,16-23,25-26H2,(H,44,55)(H,48,57)(H,43,45,46). The second kappa shape index (κ2) is 15.9. The molecule has 2 aliphatic rings. The van der Waals surface area contributed by atoms with Gasteiger partial charge in [0.05, 0.1) is 23.5 Å². The van der Waals surface area contributed by atoms with Gasteiger partial charge in [-0.3, -0.25) is 9.59 Å². The molecule has 2 aromatic heterocycles. The number of aromatic nitrogens is 5. The van der Waals surface area contributed by atoms with Crippen molar-refractivity contribution in [3.05, 3.63) is 125 Å². The van der Waals surface area contributed by atoms with E-state index in [1.165, 1.54) is 39.6 Å². The van der Waals surface area contributed by atoms with Crippen LogP contribution in [0.25, 0.3) is 27.8 Å². The number of phenolic OH excluding ortho intramolecular Hbond substituents is 2. The highest BCUT2D eigenvalue weighted by Gasteiger charge is 2.29. The monoisotopic (exact) mass is 766 g/mol. The molecule has 0 unspecified atom stereocenters. The Hall–Kier alpha value is -7.16. The second-order valence-electron chi connectivity index (χ2n) is 14.0. The average Bonchev–Trinajstić information content (AvgIpc) is 3.62. The van der Waals surface area contributed by atoms with Crippen molar-refractivity contribution < 1.29 is 19.8 Å². The highest BCUT2D eigenvalue weighted by molar-refractivity contribution is 5.94. The van der Waals surface area contributed by atoms with Crippen LogP contribution in [-0.4, -0.2) is 90.9 Å². The average molecular weight is 767 g/mol. The molecule has 2 aliphatic heterocycles. The van der Waals surface area contributed by atoms with Gasteiger partial charge in [-0.2, -0.15) is 10.1 Å². The van der Waals surface area contributed by atoms with Gasteiger partial charge in [-0.15, -0.1) is 0 Å². The SMILES string of the molecule is C=CC(=O)N1CCN(c2nc(NCCC(=O)NCc3ccc(-n4c(-c5ccc(O)cc5O)n[nH]c4=O)cc3)nc3c2CCN(c2cccc4ccccc24)C3)CC1. The zero-order chi connectivity index (χ0) is 39.5. The number of hydrogen-bond donors (Lipinski definition) is 5. The molecule has 1 fully saturated rings. The van der Waals surface area contributed by atoms with E-state index in [4.69, 9.17) is 9.97 Å². The smallest absolute Gasteiger partial charge is 0.348 e. The normalized spacial score (nSPS) is 14.0. The Bertz CT molecular complexity index is 2520. The maximum Gasteiger partial charge on any atom is 0.348 e. The maximum atomic E-state index is 13.0. The number of aromatic amines is 1. The minimum atomic E-state index is -0.495. The predicted molar refractivity (Wildman–Crippen MR) is 218 cm³/mol. The van der Waals surface area contributed by atoms with Crippen LogP contribution in [0.3, 0.4) is 0 Å². The van der Waals surface area contributed by atoms with Gasteiger partial charge < -0.3 is 35.5 Å². The highest BCUT2D eigenvalue weighted by Crippen LogP contribution is 2.34. The topological polar surface area (TPSA) is 185 Å². The van der Waals surface area contributed by atoms with Gasteiger partial charge in [0.15, 0.2) is 5.82 Å². The van der Waals surface area contributed by atoms with Crippen molar-refractivity contribution >= 4 is 40.0 Å². The van der Waals surface area contributed by atoms with Crippen LogP contribution in [-0.2, 0) is 29.1 Å². The van der Waals surface area contributed by atoms with E-state index in [2.05, 4.69) is 73.6 Å². The minimum Gasteiger partial charge on any atom is -0.508 e. The summed E-state index contributed by atoms with van der Waals surface area (Å²) >= 11 is 0. The summed E-state index contributed by atoms with van der Waals surface area (Å²) in [7, 11) is 0. The van der Waals surface area contributed by atoms with Crippen LogP contribution >= 0.6 is 0 Å². The van der Waals surface area contributed by atoms with E-state index in [1.54, 1.807) is 29.2 Å². The Morgan fingerprint density at radius 2 is 1.68 bits per heavy atom. The number of phenols is 2. The van der Waals surface area contributed by atoms with E-state index in [-0.39, 0.29) is 47.7 Å². The fourth-order valence-electron chi connectivity index (χ4n) is 7.47. The number of carbonyl (C=O) groups excluding carboxylic acids is 2. The molecule has 0 spiro atoms. The number of carbonyl (C=O) groups is 2. The number of rotatable bonds is 11. The molecule has 0 aliphatic carbocycles. The lowest BCUT2D eigenvalue weighted by Gasteiger charge is -2.38. The third-order valence-electron chi connectivity index (χ3n) is 10.4. The van der Waals surface area contributed by atoms with Crippen molar-refractivity contribution in [3.63, 3.8) is 0 Å². The molecule has 0 saturated carbocycles. The molecule has 1 saturated heterocycles. The lowest BCUT2D eigenvalue weighted by atomic mass is 10.0. The van der Waals surface area contributed by atoms with E-state index in [0.29, 0.717) is 50.9 Å². The van der Waals surface area contributed by atoms with Gasteiger partial charge in [0, 0.05) is 74.9 Å². The molecule has 15 nitrogen and oxygen atoms in total. The first-order valence-electron chi connectivity index (χ1n) is 18.8. The number of H-pyrrole nitrogens is 1. The van der Waals surface area contributed by atoms with Crippen molar-refractivity contribution in [2.24, 2.45) is 0 Å². The summed E-state index contributed by atoms with van der Waals surface area (Å²) in [5.74, 6) is 0.934. The number of amides is 2. The lowest BCUT2D eigenvalue weighted by molar-refractivity contribution is -0.126. The molecule has 2 amide bonds. The van der Waals surface area contributed by atoms with Gasteiger partial charge in [0.2, 0.25) is 17.8 Å². The summed E-state index contributed by atoms with van der Waals surface area (Å²) < 4.78 is 1.32. The molecule has 8 rings (SSSR count). The first kappa shape index (κ1) is 36.8. The number of aromatic hydroxyl groups is 2. The van der Waals surface area contributed by atoms with Crippen molar-refractivity contribution in [2.45, 2.75) is 25.9 Å². The maximum absolute atomic E-state index is 13.0. The van der Waals surface area contributed by atoms with Crippen molar-refractivity contribution in [2.75, 3.05) is 54.4 Å². The number of nitrogens with zero attached hydrogens (tertiary/aromatic N) is 7. The van der Waals surface area contributed by atoms with Crippen molar-refractivity contribution in [1.82, 2.24) is 34.9 Å². The Labute approximate surface area is 327 Å². The van der Waals surface area contributed by atoms with E-state index < -0.39 is 5.69 Å². The minimum absolute atomic E-state index is 0.0729. The van der Waals surface area contributed by atoms with Gasteiger partial charge in [0.1, 0.15) is 17.3 Å². The Balaban J connectivity index is 0.930. The van der Waals surface area contributed by atoms with Crippen LogP contribution in [0.4, 0.5) is 17.5 Å². The molecule has 4 heterocycles. The Kier molecular flexibility index (Phi) is 10.3. The molecular weight excluding hydrogens is 725 g/mol. The number of benzene rings is 4. The molecule has 15 heteroatoms. The van der Waals surface area contributed by atoms with Gasteiger partial charge in [-0.25, -0.2) is 19.4 Å². The lowest BCUT2D eigenvalue weighted by Crippen LogP contribution is -2.49. The van der Waals surface area contributed by atoms with Crippen LogP contribution in [0.1, 0.15) is 23.2 Å². The zero-order valence-corrected chi connectivity index (χ0v) is 31.2. The summed E-state index contributed by atoms with van der Waals surface area (Å²) in [6, 6.07) is 25.8. The van der Waals surface area contributed by atoms with E-state index in [0.717, 1.165) is 41.3 Å². The van der Waals surface area contributed by atoms with Gasteiger partial charge in [-0.1, -0.05) is 55.1 Å². The number of hydrogen-bond acceptors (Lipinski definition) is 11. The summed E-state index contributed by atoms with van der Waals surface area (Å²) in [5, 5.41) is 35.1. The Morgan fingerprint density at radius 3 is 2.47 bits per heavy atom. The summed E-state index contributed by atoms with van der Waals surface area (Å²) in [5.41, 5.74) is 4.30. The van der Waals surface area contributed by atoms with Crippen LogP contribution in [0, 0.1) is 0 Å². The summed E-state index contributed by atoms with van der Waals surface area (Å²) in [6.07, 6.45) is 2.31. The first-order chi connectivity index (χ1) is 27.7. The van der Waals surface area contributed by atoms with E-state index in [1.807, 2.05) is 6.07 Å². The quantitative estimate of drug-likeness (QED) is 0.120. The number of nitrogens with one attached hydrogen (secondary N) is 3. The molecule has 290 valence electrons. The molecule has 4 aromatic carbocycles. The van der Waals surface area contributed by atoms with Gasteiger partial charge in [-0.05, 0) is 53.8 Å².